The maximum absolute atomic E-state index is 4.47. The first kappa shape index (κ1) is 24.4. The van der Waals surface area contributed by atoms with Crippen molar-refractivity contribution < 1.29 is 0 Å². The van der Waals surface area contributed by atoms with Gasteiger partial charge in [0.1, 0.15) is 5.82 Å². The van der Waals surface area contributed by atoms with Crippen LogP contribution in [-0.2, 0) is 13.0 Å². The highest BCUT2D eigenvalue weighted by Gasteiger charge is 2.23. The van der Waals surface area contributed by atoms with E-state index in [-0.39, 0.29) is 24.0 Å². The summed E-state index contributed by atoms with van der Waals surface area (Å²) in [5.74, 6) is 1.95. The Labute approximate surface area is 199 Å². The lowest BCUT2D eigenvalue weighted by atomic mass is 10.2. The largest absolute Gasteiger partial charge is 0.356 e. The summed E-state index contributed by atoms with van der Waals surface area (Å²) >= 11 is 3.43. The Morgan fingerprint density at radius 3 is 2.62 bits per heavy atom. The molecule has 0 bridgehead atoms. The summed E-state index contributed by atoms with van der Waals surface area (Å²) in [7, 11) is 1.81. The minimum atomic E-state index is 0. The molecule has 0 radical (unpaired) electrons. The number of nitrogens with one attached hydrogen (secondary N) is 2. The van der Waals surface area contributed by atoms with Crippen LogP contribution in [0.25, 0.3) is 0 Å². The fourth-order valence-corrected chi connectivity index (χ4v) is 5.17. The third-order valence-corrected chi connectivity index (χ3v) is 6.83. The average Bonchev–Trinajstić information content (AvgIpc) is 3.41. The third kappa shape index (κ3) is 6.55. The van der Waals surface area contributed by atoms with Gasteiger partial charge in [-0.15, -0.1) is 45.5 Å². The van der Waals surface area contributed by atoms with E-state index in [4.69, 9.17) is 0 Å². The summed E-state index contributed by atoms with van der Waals surface area (Å²) in [5, 5.41) is 17.8. The molecule has 10 heteroatoms. The Morgan fingerprint density at radius 2 is 2.00 bits per heavy atom. The first-order chi connectivity index (χ1) is 13.6. The van der Waals surface area contributed by atoms with E-state index in [9.17, 15) is 0 Å². The Balaban J connectivity index is 0.00000300. The van der Waals surface area contributed by atoms with Crippen LogP contribution >= 0.6 is 47.1 Å². The van der Waals surface area contributed by atoms with Crippen LogP contribution in [0.4, 0.5) is 0 Å². The molecule has 3 rings (SSSR count). The number of hydrogen-bond donors (Lipinski definition) is 2. The topological polar surface area (TPSA) is 80.0 Å². The Hall–Kier alpha value is -0.880. The summed E-state index contributed by atoms with van der Waals surface area (Å²) in [6, 6.07) is 0.584. The number of aliphatic imine (C=N–C) groups is 1. The fourth-order valence-electron chi connectivity index (χ4n) is 3.72. The lowest BCUT2D eigenvalue weighted by Crippen LogP contribution is -2.37. The summed E-state index contributed by atoms with van der Waals surface area (Å²) in [4.78, 5) is 10.1. The van der Waals surface area contributed by atoms with Crippen molar-refractivity contribution >= 4 is 53.0 Å². The summed E-state index contributed by atoms with van der Waals surface area (Å²) in [6.45, 7) is 5.71. The van der Waals surface area contributed by atoms with Crippen LogP contribution < -0.4 is 10.6 Å². The minimum Gasteiger partial charge on any atom is -0.356 e. The van der Waals surface area contributed by atoms with Crippen molar-refractivity contribution in [2.24, 2.45) is 4.99 Å². The molecule has 0 aliphatic heterocycles. The second-order valence-corrected chi connectivity index (χ2v) is 9.17. The maximum atomic E-state index is 4.47. The van der Waals surface area contributed by atoms with Gasteiger partial charge in [0.15, 0.2) is 11.1 Å². The highest BCUT2D eigenvalue weighted by atomic mass is 127. The van der Waals surface area contributed by atoms with Gasteiger partial charge in [-0.2, -0.15) is 0 Å². The fraction of sp³-hybridized carbons (Fsp3) is 0.684. The summed E-state index contributed by atoms with van der Waals surface area (Å²) < 4.78 is 2.39. The molecule has 0 saturated heterocycles. The van der Waals surface area contributed by atoms with E-state index in [2.05, 4.69) is 48.6 Å². The van der Waals surface area contributed by atoms with Gasteiger partial charge < -0.3 is 15.2 Å². The molecule has 1 saturated carbocycles. The third-order valence-electron chi connectivity index (χ3n) is 5.12. The van der Waals surface area contributed by atoms with Gasteiger partial charge in [-0.3, -0.25) is 4.99 Å². The van der Waals surface area contributed by atoms with E-state index in [1.165, 1.54) is 30.6 Å². The Kier molecular flexibility index (Phi) is 10.2. The van der Waals surface area contributed by atoms with E-state index in [1.54, 1.807) is 23.1 Å². The van der Waals surface area contributed by atoms with Crippen LogP contribution in [0.1, 0.15) is 59.5 Å². The molecule has 1 aliphatic carbocycles. The first-order valence-electron chi connectivity index (χ1n) is 9.97. The number of hydrogen-bond acceptors (Lipinski definition) is 6. The quantitative estimate of drug-likeness (QED) is 0.170. The summed E-state index contributed by atoms with van der Waals surface area (Å²) in [5.41, 5.74) is 1.10. The average molecular weight is 550 g/mol. The van der Waals surface area contributed by atoms with Crippen LogP contribution in [0.5, 0.6) is 0 Å². The van der Waals surface area contributed by atoms with Crippen LogP contribution in [0, 0.1) is 13.8 Å². The molecule has 2 aromatic heterocycles. The van der Waals surface area contributed by atoms with Gasteiger partial charge in [-0.1, -0.05) is 24.6 Å². The number of nitrogens with zero attached hydrogens (tertiary/aromatic N) is 5. The molecule has 0 spiro atoms. The SMILES string of the molecule is CN=C(NCCCc1nnc(SC)n1C1CCCC1)NCc1sc(C)nc1C.I. The van der Waals surface area contributed by atoms with Crippen LogP contribution in [-0.4, -0.2) is 45.6 Å². The molecule has 162 valence electrons. The van der Waals surface area contributed by atoms with Crippen molar-refractivity contribution in [3.63, 3.8) is 0 Å². The maximum Gasteiger partial charge on any atom is 0.191 e. The van der Waals surface area contributed by atoms with Gasteiger partial charge in [-0.25, -0.2) is 4.98 Å². The molecule has 0 aromatic carbocycles. The van der Waals surface area contributed by atoms with Gasteiger partial charge in [-0.05, 0) is 39.4 Å². The molecular formula is C19H32IN7S2. The number of halogens is 1. The molecule has 1 aliphatic rings. The lowest BCUT2D eigenvalue weighted by molar-refractivity contribution is 0.460. The number of rotatable bonds is 8. The van der Waals surface area contributed by atoms with E-state index in [1.807, 2.05) is 14.0 Å². The number of aromatic nitrogens is 4. The second kappa shape index (κ2) is 12.1. The van der Waals surface area contributed by atoms with E-state index < -0.39 is 0 Å². The highest BCUT2D eigenvalue weighted by molar-refractivity contribution is 14.0. The Morgan fingerprint density at radius 1 is 1.24 bits per heavy atom. The number of thioether (sulfide) groups is 1. The molecule has 1 fully saturated rings. The second-order valence-electron chi connectivity index (χ2n) is 7.11. The van der Waals surface area contributed by atoms with Gasteiger partial charge in [0.2, 0.25) is 0 Å². The van der Waals surface area contributed by atoms with Crippen molar-refractivity contribution in [2.75, 3.05) is 19.8 Å². The highest BCUT2D eigenvalue weighted by Crippen LogP contribution is 2.33. The molecule has 2 heterocycles. The minimum absolute atomic E-state index is 0. The van der Waals surface area contributed by atoms with Crippen molar-refractivity contribution in [3.05, 3.63) is 21.4 Å². The molecule has 2 N–H and O–H groups in total. The van der Waals surface area contributed by atoms with E-state index in [0.29, 0.717) is 6.04 Å². The monoisotopic (exact) mass is 549 g/mol. The number of thiazole rings is 1. The van der Waals surface area contributed by atoms with Gasteiger partial charge in [0.05, 0.1) is 17.2 Å². The smallest absolute Gasteiger partial charge is 0.191 e. The van der Waals surface area contributed by atoms with Crippen LogP contribution in [0.15, 0.2) is 10.1 Å². The van der Waals surface area contributed by atoms with Gasteiger partial charge in [0.25, 0.3) is 0 Å². The predicted molar refractivity (Wildman–Crippen MR) is 133 cm³/mol. The molecule has 0 amide bonds. The zero-order chi connectivity index (χ0) is 19.9. The first-order valence-corrected chi connectivity index (χ1v) is 12.0. The number of guanidine groups is 1. The van der Waals surface area contributed by atoms with Crippen LogP contribution in [0.2, 0.25) is 0 Å². The molecule has 2 aromatic rings. The summed E-state index contributed by atoms with van der Waals surface area (Å²) in [6.07, 6.45) is 9.16. The van der Waals surface area contributed by atoms with Crippen LogP contribution in [0.3, 0.4) is 0 Å². The van der Waals surface area contributed by atoms with E-state index in [0.717, 1.165) is 53.6 Å². The predicted octanol–water partition coefficient (Wildman–Crippen LogP) is 4.10. The molecule has 29 heavy (non-hydrogen) atoms. The van der Waals surface area contributed by atoms with Gasteiger partial charge in [0, 0.05) is 30.9 Å². The normalized spacial score (nSPS) is 14.8. The molecule has 0 unspecified atom stereocenters. The van der Waals surface area contributed by atoms with Gasteiger partial charge >= 0.3 is 0 Å². The standard InChI is InChI=1S/C19H31N7S2.HI/c1-13-16(28-14(2)23-13)12-22-18(20-3)21-11-7-10-17-24-25-19(27-4)26(17)15-8-5-6-9-15;/h15H,5-12H2,1-4H3,(H2,20,21,22);1H. The number of aryl methyl sites for hydroxylation is 3. The van der Waals surface area contributed by atoms with E-state index >= 15 is 0 Å². The van der Waals surface area contributed by atoms with Crippen molar-refractivity contribution in [3.8, 4) is 0 Å². The lowest BCUT2D eigenvalue weighted by Gasteiger charge is -2.16. The molecule has 0 atom stereocenters. The molecule has 7 nitrogen and oxygen atoms in total. The van der Waals surface area contributed by atoms with Crippen molar-refractivity contribution in [2.45, 2.75) is 70.1 Å². The van der Waals surface area contributed by atoms with Crippen molar-refractivity contribution in [1.82, 2.24) is 30.4 Å². The zero-order valence-electron chi connectivity index (χ0n) is 17.7. The Bertz CT molecular complexity index is 797. The van der Waals surface area contributed by atoms with Crippen molar-refractivity contribution in [1.29, 1.82) is 0 Å². The molecular weight excluding hydrogens is 517 g/mol. The zero-order valence-corrected chi connectivity index (χ0v) is 21.7.